The van der Waals surface area contributed by atoms with E-state index in [1.165, 1.54) is 22.5 Å². The average molecular weight is 330 g/mol. The van der Waals surface area contributed by atoms with Crippen LogP contribution >= 0.6 is 11.8 Å². The Labute approximate surface area is 128 Å². The Kier molecular flexibility index (Phi) is 4.80. The third-order valence-corrected chi connectivity index (χ3v) is 6.74. The quantitative estimate of drug-likeness (QED) is 0.811. The van der Waals surface area contributed by atoms with Crippen LogP contribution in [-0.2, 0) is 10.0 Å². The van der Waals surface area contributed by atoms with Crippen LogP contribution in [0.25, 0.3) is 0 Å². The number of hydrogen-bond acceptors (Lipinski definition) is 5. The molecule has 0 bridgehead atoms. The molecule has 0 amide bonds. The summed E-state index contributed by atoms with van der Waals surface area (Å²) in [5.41, 5.74) is 5.70. The van der Waals surface area contributed by atoms with Gasteiger partial charge in [-0.3, -0.25) is 0 Å². The van der Waals surface area contributed by atoms with Crippen LogP contribution in [0, 0.1) is 0 Å². The van der Waals surface area contributed by atoms with Crippen molar-refractivity contribution < 1.29 is 18.3 Å². The number of hydrogen-bond donors (Lipinski definition) is 2. The molecule has 1 saturated heterocycles. The van der Waals surface area contributed by atoms with Crippen molar-refractivity contribution in [2.24, 2.45) is 0 Å². The Hall–Kier alpha value is -1.25. The van der Waals surface area contributed by atoms with Gasteiger partial charge in [0.2, 0.25) is 10.0 Å². The number of thioether (sulfide) groups is 1. The zero-order chi connectivity index (χ0) is 15.6. The first-order chi connectivity index (χ1) is 9.86. The van der Waals surface area contributed by atoms with Crippen LogP contribution in [0.4, 0.5) is 5.69 Å². The number of nitrogens with zero attached hydrogens (tertiary/aromatic N) is 1. The summed E-state index contributed by atoms with van der Waals surface area (Å²) < 4.78 is 26.7. The largest absolute Gasteiger partial charge is 0.478 e. The Morgan fingerprint density at radius 2 is 2.24 bits per heavy atom. The lowest BCUT2D eigenvalue weighted by Crippen LogP contribution is -2.41. The van der Waals surface area contributed by atoms with Gasteiger partial charge in [-0.05, 0) is 24.6 Å². The van der Waals surface area contributed by atoms with Gasteiger partial charge in [0.25, 0.3) is 0 Å². The highest BCUT2D eigenvalue weighted by atomic mass is 32.2. The highest BCUT2D eigenvalue weighted by Crippen LogP contribution is 2.29. The number of anilines is 1. The van der Waals surface area contributed by atoms with Crippen molar-refractivity contribution in [3.63, 3.8) is 0 Å². The molecule has 1 atom stereocenters. The van der Waals surface area contributed by atoms with Crippen LogP contribution in [0.3, 0.4) is 0 Å². The predicted octanol–water partition coefficient (Wildman–Crippen LogP) is 1.48. The Bertz CT molecular complexity index is 646. The van der Waals surface area contributed by atoms with Crippen molar-refractivity contribution in [2.75, 3.05) is 24.6 Å². The van der Waals surface area contributed by atoms with Crippen LogP contribution in [0.5, 0.6) is 0 Å². The molecular weight excluding hydrogens is 312 g/mol. The molecule has 21 heavy (non-hydrogen) atoms. The van der Waals surface area contributed by atoms with Gasteiger partial charge in [-0.1, -0.05) is 6.92 Å². The average Bonchev–Trinajstić information content (AvgIpc) is 2.46. The molecule has 1 fully saturated rings. The predicted molar refractivity (Wildman–Crippen MR) is 83.1 cm³/mol. The van der Waals surface area contributed by atoms with Crippen molar-refractivity contribution in [3.8, 4) is 0 Å². The van der Waals surface area contributed by atoms with Crippen molar-refractivity contribution in [1.29, 1.82) is 0 Å². The smallest absolute Gasteiger partial charge is 0.335 e. The highest BCUT2D eigenvalue weighted by molar-refractivity contribution is 8.00. The lowest BCUT2D eigenvalue weighted by atomic mass is 10.2. The molecule has 1 aromatic carbocycles. The molecule has 1 heterocycles. The normalized spacial score (nSPS) is 20.3. The highest BCUT2D eigenvalue weighted by Gasteiger charge is 2.31. The summed E-state index contributed by atoms with van der Waals surface area (Å²) in [4.78, 5) is 10.9. The van der Waals surface area contributed by atoms with Crippen molar-refractivity contribution in [3.05, 3.63) is 23.8 Å². The fraction of sp³-hybridized carbons (Fsp3) is 0.462. The molecule has 0 spiro atoms. The van der Waals surface area contributed by atoms with Gasteiger partial charge in [0, 0.05) is 24.1 Å². The van der Waals surface area contributed by atoms with Gasteiger partial charge >= 0.3 is 5.97 Å². The van der Waals surface area contributed by atoms with Gasteiger partial charge in [-0.15, -0.1) is 0 Å². The van der Waals surface area contributed by atoms with E-state index < -0.39 is 16.0 Å². The first kappa shape index (κ1) is 16.1. The number of nitrogens with two attached hydrogens (primary N) is 1. The minimum Gasteiger partial charge on any atom is -0.478 e. The van der Waals surface area contributed by atoms with Crippen LogP contribution < -0.4 is 5.73 Å². The second-order valence-corrected chi connectivity index (χ2v) is 8.14. The van der Waals surface area contributed by atoms with E-state index >= 15 is 0 Å². The topological polar surface area (TPSA) is 101 Å². The van der Waals surface area contributed by atoms with Gasteiger partial charge < -0.3 is 10.8 Å². The van der Waals surface area contributed by atoms with Crippen LogP contribution in [0.2, 0.25) is 0 Å². The first-order valence-corrected chi connectivity index (χ1v) is 9.09. The molecule has 1 aromatic rings. The number of sulfonamides is 1. The summed E-state index contributed by atoms with van der Waals surface area (Å²) in [6.07, 6.45) is 0.907. The summed E-state index contributed by atoms with van der Waals surface area (Å²) in [5.74, 6) is -0.378. The maximum atomic E-state index is 12.6. The molecule has 0 saturated carbocycles. The fourth-order valence-electron chi connectivity index (χ4n) is 2.21. The van der Waals surface area contributed by atoms with Crippen molar-refractivity contribution in [1.82, 2.24) is 4.31 Å². The molecule has 6 nitrogen and oxygen atoms in total. The Morgan fingerprint density at radius 3 is 2.81 bits per heavy atom. The zero-order valence-electron chi connectivity index (χ0n) is 11.7. The van der Waals surface area contributed by atoms with Gasteiger partial charge in [0.05, 0.1) is 11.3 Å². The second-order valence-electron chi connectivity index (χ2n) is 4.82. The Morgan fingerprint density at radius 1 is 1.52 bits per heavy atom. The molecular formula is C13H18N2O4S2. The minimum absolute atomic E-state index is 0.0192. The molecule has 1 aliphatic heterocycles. The summed E-state index contributed by atoms with van der Waals surface area (Å²) >= 11 is 1.77. The van der Waals surface area contributed by atoms with Crippen LogP contribution in [0.15, 0.2) is 23.1 Å². The van der Waals surface area contributed by atoms with Gasteiger partial charge in [-0.25, -0.2) is 13.2 Å². The third-order valence-electron chi connectivity index (χ3n) is 3.43. The number of nitrogen functional groups attached to an aromatic ring is 1. The van der Waals surface area contributed by atoms with Crippen LogP contribution in [-0.4, -0.2) is 47.9 Å². The fourth-order valence-corrected chi connectivity index (χ4v) is 5.19. The first-order valence-electron chi connectivity index (χ1n) is 6.60. The molecule has 0 aromatic heterocycles. The molecule has 0 aliphatic carbocycles. The van der Waals surface area contributed by atoms with E-state index in [1.807, 2.05) is 6.92 Å². The van der Waals surface area contributed by atoms with E-state index in [4.69, 9.17) is 10.8 Å². The summed E-state index contributed by atoms with van der Waals surface area (Å²) in [7, 11) is -3.68. The van der Waals surface area contributed by atoms with E-state index in [-0.39, 0.29) is 21.4 Å². The van der Waals surface area contributed by atoms with Gasteiger partial charge in [0.1, 0.15) is 4.90 Å². The molecule has 116 valence electrons. The number of carboxylic acids is 1. The number of aromatic carboxylic acids is 1. The summed E-state index contributed by atoms with van der Waals surface area (Å²) in [6.45, 7) is 2.94. The number of rotatable bonds is 4. The number of benzene rings is 1. The number of carbonyl (C=O) groups is 1. The van der Waals surface area contributed by atoms with Crippen LogP contribution in [0.1, 0.15) is 23.7 Å². The van der Waals surface area contributed by atoms with E-state index in [0.29, 0.717) is 13.1 Å². The lowest BCUT2D eigenvalue weighted by Gasteiger charge is -2.31. The number of carboxylic acid groups (broad SMARTS) is 1. The maximum Gasteiger partial charge on any atom is 0.335 e. The molecule has 8 heteroatoms. The molecule has 1 unspecified atom stereocenters. The maximum absolute atomic E-state index is 12.6. The van der Waals surface area contributed by atoms with E-state index in [0.717, 1.165) is 12.2 Å². The molecule has 3 N–H and O–H groups in total. The van der Waals surface area contributed by atoms with E-state index in [2.05, 4.69) is 0 Å². The van der Waals surface area contributed by atoms with Crippen molar-refractivity contribution >= 4 is 33.4 Å². The second kappa shape index (κ2) is 6.25. The molecule has 1 aliphatic rings. The lowest BCUT2D eigenvalue weighted by molar-refractivity contribution is 0.0697. The van der Waals surface area contributed by atoms with Crippen molar-refractivity contribution in [2.45, 2.75) is 23.5 Å². The molecule has 2 rings (SSSR count). The third kappa shape index (κ3) is 3.33. The SMILES string of the molecule is CCC1CN(S(=O)(=O)c2ccc(C(=O)O)cc2N)CCS1. The van der Waals surface area contributed by atoms with E-state index in [1.54, 1.807) is 11.8 Å². The standard InChI is InChI=1S/C13H18N2O4S2/c1-2-10-8-15(5-6-20-10)21(18,19)12-4-3-9(13(16)17)7-11(12)14/h3-4,7,10H,2,5-6,8,14H2,1H3,(H,16,17). The monoisotopic (exact) mass is 330 g/mol. The minimum atomic E-state index is -3.68. The van der Waals surface area contributed by atoms with Gasteiger partial charge in [0.15, 0.2) is 0 Å². The zero-order valence-corrected chi connectivity index (χ0v) is 13.3. The Balaban J connectivity index is 2.33. The summed E-state index contributed by atoms with van der Waals surface area (Å²) in [5, 5.41) is 9.19. The summed E-state index contributed by atoms with van der Waals surface area (Å²) in [6, 6.07) is 3.73. The molecule has 0 radical (unpaired) electrons. The van der Waals surface area contributed by atoms with E-state index in [9.17, 15) is 13.2 Å². The van der Waals surface area contributed by atoms with Gasteiger partial charge in [-0.2, -0.15) is 16.1 Å².